The van der Waals surface area contributed by atoms with Crippen molar-refractivity contribution in [3.8, 4) is 11.1 Å². The highest BCUT2D eigenvalue weighted by atomic mass is 19.1. The predicted octanol–water partition coefficient (Wildman–Crippen LogP) is 5.36. The fourth-order valence-corrected chi connectivity index (χ4v) is 3.06. The van der Waals surface area contributed by atoms with Gasteiger partial charge in [-0.3, -0.25) is 4.79 Å². The smallest absolute Gasteiger partial charge is 0.150 e. The molecular formula is C19H9F4NO. The Hall–Kier alpha value is -3.15. The van der Waals surface area contributed by atoms with Crippen molar-refractivity contribution in [3.05, 3.63) is 71.3 Å². The van der Waals surface area contributed by atoms with Gasteiger partial charge in [0.25, 0.3) is 0 Å². The van der Waals surface area contributed by atoms with Gasteiger partial charge in [-0.05, 0) is 11.6 Å². The number of H-pyrrole nitrogens is 1. The van der Waals surface area contributed by atoms with Crippen LogP contribution in [0, 0.1) is 23.3 Å². The number of aromatic nitrogens is 1. The number of hydrogen-bond acceptors (Lipinski definition) is 1. The minimum absolute atomic E-state index is 0.0184. The van der Waals surface area contributed by atoms with Crippen LogP contribution in [0.4, 0.5) is 17.6 Å². The quantitative estimate of drug-likeness (QED) is 0.386. The molecule has 0 spiro atoms. The Labute approximate surface area is 138 Å². The van der Waals surface area contributed by atoms with Gasteiger partial charge < -0.3 is 4.98 Å². The monoisotopic (exact) mass is 343 g/mol. The molecule has 0 aliphatic heterocycles. The standard InChI is InChI=1S/C19H9F4NO/c20-11-5-12(21)17-15(6-11)24-19-16(13(22)7-14(23)18(17)19)10-3-1-9(8-25)2-4-10/h1-8,24H. The molecule has 4 aromatic rings. The first-order valence-electron chi connectivity index (χ1n) is 7.33. The summed E-state index contributed by atoms with van der Waals surface area (Å²) in [5, 5.41) is -0.289. The zero-order valence-electron chi connectivity index (χ0n) is 12.5. The summed E-state index contributed by atoms with van der Waals surface area (Å²) in [5.41, 5.74) is 0.844. The summed E-state index contributed by atoms with van der Waals surface area (Å²) in [7, 11) is 0. The number of halogens is 4. The molecule has 0 saturated heterocycles. The van der Waals surface area contributed by atoms with Crippen molar-refractivity contribution in [2.45, 2.75) is 0 Å². The third kappa shape index (κ3) is 2.29. The minimum Gasteiger partial charge on any atom is -0.354 e. The Kier molecular flexibility index (Phi) is 3.35. The van der Waals surface area contributed by atoms with Gasteiger partial charge >= 0.3 is 0 Å². The Morgan fingerprint density at radius 2 is 1.48 bits per heavy atom. The number of rotatable bonds is 2. The number of fused-ring (bicyclic) bond motifs is 3. The number of carbonyl (C=O) groups excluding carboxylic acids is 1. The van der Waals surface area contributed by atoms with Crippen molar-refractivity contribution in [2.24, 2.45) is 0 Å². The first-order chi connectivity index (χ1) is 12.0. The SMILES string of the molecule is O=Cc1ccc(-c2c(F)cc(F)c3c2[nH]c2cc(F)cc(F)c23)cc1. The van der Waals surface area contributed by atoms with E-state index >= 15 is 0 Å². The maximum absolute atomic E-state index is 14.5. The molecule has 0 aliphatic rings. The highest BCUT2D eigenvalue weighted by Crippen LogP contribution is 2.38. The summed E-state index contributed by atoms with van der Waals surface area (Å²) in [5.74, 6) is -3.56. The lowest BCUT2D eigenvalue weighted by Gasteiger charge is -2.07. The number of hydrogen-bond donors (Lipinski definition) is 1. The van der Waals surface area contributed by atoms with Crippen LogP contribution in [0.5, 0.6) is 0 Å². The van der Waals surface area contributed by atoms with Crippen LogP contribution in [0.2, 0.25) is 0 Å². The van der Waals surface area contributed by atoms with Gasteiger partial charge in [0, 0.05) is 34.0 Å². The largest absolute Gasteiger partial charge is 0.354 e. The molecular weight excluding hydrogens is 334 g/mol. The molecule has 0 radical (unpaired) electrons. The number of benzene rings is 3. The van der Waals surface area contributed by atoms with Gasteiger partial charge in [-0.25, -0.2) is 17.6 Å². The van der Waals surface area contributed by atoms with E-state index in [0.717, 1.165) is 6.07 Å². The van der Waals surface area contributed by atoms with Crippen LogP contribution in [0.1, 0.15) is 10.4 Å². The minimum atomic E-state index is -0.947. The molecule has 0 fully saturated rings. The molecule has 0 atom stereocenters. The van der Waals surface area contributed by atoms with E-state index in [4.69, 9.17) is 0 Å². The maximum atomic E-state index is 14.5. The highest BCUT2D eigenvalue weighted by Gasteiger charge is 2.21. The third-order valence-corrected chi connectivity index (χ3v) is 4.13. The second-order valence-corrected chi connectivity index (χ2v) is 5.64. The van der Waals surface area contributed by atoms with Gasteiger partial charge in [-0.1, -0.05) is 24.3 Å². The lowest BCUT2D eigenvalue weighted by molar-refractivity contribution is 0.112. The molecule has 124 valence electrons. The topological polar surface area (TPSA) is 32.9 Å². The number of nitrogens with one attached hydrogen (secondary N) is 1. The van der Waals surface area contributed by atoms with E-state index < -0.39 is 23.3 Å². The van der Waals surface area contributed by atoms with E-state index in [2.05, 4.69) is 4.98 Å². The number of aromatic amines is 1. The van der Waals surface area contributed by atoms with Crippen molar-refractivity contribution in [1.82, 2.24) is 4.98 Å². The molecule has 0 aliphatic carbocycles. The summed E-state index contributed by atoms with van der Waals surface area (Å²) in [6.07, 6.45) is 0.640. The van der Waals surface area contributed by atoms with Crippen LogP contribution in [0.3, 0.4) is 0 Å². The molecule has 0 unspecified atom stereocenters. The van der Waals surface area contributed by atoms with Crippen LogP contribution >= 0.6 is 0 Å². The van der Waals surface area contributed by atoms with E-state index in [1.807, 2.05) is 0 Å². The van der Waals surface area contributed by atoms with Crippen LogP contribution in [-0.2, 0) is 0 Å². The molecule has 0 saturated carbocycles. The Morgan fingerprint density at radius 3 is 2.16 bits per heavy atom. The van der Waals surface area contributed by atoms with Gasteiger partial charge in [-0.2, -0.15) is 0 Å². The first kappa shape index (κ1) is 15.4. The van der Waals surface area contributed by atoms with Crippen molar-refractivity contribution in [1.29, 1.82) is 0 Å². The molecule has 0 amide bonds. The first-order valence-corrected chi connectivity index (χ1v) is 7.33. The van der Waals surface area contributed by atoms with Gasteiger partial charge in [-0.15, -0.1) is 0 Å². The maximum Gasteiger partial charge on any atom is 0.150 e. The van der Waals surface area contributed by atoms with Crippen LogP contribution in [-0.4, -0.2) is 11.3 Å². The second kappa shape index (κ2) is 5.44. The summed E-state index contributed by atoms with van der Waals surface area (Å²) in [6, 6.07) is 8.32. The van der Waals surface area contributed by atoms with Crippen molar-refractivity contribution in [2.75, 3.05) is 0 Å². The summed E-state index contributed by atoms with van der Waals surface area (Å²) in [4.78, 5) is 13.5. The van der Waals surface area contributed by atoms with E-state index in [1.165, 1.54) is 24.3 Å². The molecule has 2 nitrogen and oxygen atoms in total. The van der Waals surface area contributed by atoms with Gasteiger partial charge in [0.05, 0.1) is 11.0 Å². The number of aldehydes is 1. The molecule has 25 heavy (non-hydrogen) atoms. The average Bonchev–Trinajstić information content (AvgIpc) is 2.95. The molecule has 4 rings (SSSR count). The van der Waals surface area contributed by atoms with E-state index in [0.29, 0.717) is 29.5 Å². The van der Waals surface area contributed by atoms with E-state index in [1.54, 1.807) is 0 Å². The molecule has 1 aromatic heterocycles. The molecule has 1 N–H and O–H groups in total. The van der Waals surface area contributed by atoms with Crippen LogP contribution in [0.15, 0.2) is 42.5 Å². The Morgan fingerprint density at radius 1 is 0.800 bits per heavy atom. The molecule has 1 heterocycles. The Bertz CT molecular complexity index is 1150. The second-order valence-electron chi connectivity index (χ2n) is 5.64. The summed E-state index contributed by atoms with van der Waals surface area (Å²) in [6.45, 7) is 0. The van der Waals surface area contributed by atoms with Gasteiger partial charge in [0.15, 0.2) is 0 Å². The molecule has 3 aromatic carbocycles. The zero-order chi connectivity index (χ0) is 17.7. The normalized spacial score (nSPS) is 11.4. The van der Waals surface area contributed by atoms with Gasteiger partial charge in [0.2, 0.25) is 0 Å². The fourth-order valence-electron chi connectivity index (χ4n) is 3.06. The Balaban J connectivity index is 2.14. The molecule has 6 heteroatoms. The lowest BCUT2D eigenvalue weighted by Crippen LogP contribution is -1.91. The summed E-state index contributed by atoms with van der Waals surface area (Å²) >= 11 is 0. The lowest BCUT2D eigenvalue weighted by atomic mass is 10.00. The van der Waals surface area contributed by atoms with Gasteiger partial charge in [0.1, 0.15) is 29.6 Å². The van der Waals surface area contributed by atoms with Crippen molar-refractivity contribution in [3.63, 3.8) is 0 Å². The van der Waals surface area contributed by atoms with E-state index in [-0.39, 0.29) is 27.4 Å². The van der Waals surface area contributed by atoms with Crippen molar-refractivity contribution < 1.29 is 22.4 Å². The van der Waals surface area contributed by atoms with Crippen molar-refractivity contribution >= 4 is 28.1 Å². The predicted molar refractivity (Wildman–Crippen MR) is 86.5 cm³/mol. The summed E-state index contributed by atoms with van der Waals surface area (Å²) < 4.78 is 56.4. The highest BCUT2D eigenvalue weighted by molar-refractivity contribution is 6.12. The third-order valence-electron chi connectivity index (χ3n) is 4.13. The average molecular weight is 343 g/mol. The zero-order valence-corrected chi connectivity index (χ0v) is 12.5. The van der Waals surface area contributed by atoms with E-state index in [9.17, 15) is 22.4 Å². The van der Waals surface area contributed by atoms with Crippen LogP contribution in [0.25, 0.3) is 32.9 Å². The fraction of sp³-hybridized carbons (Fsp3) is 0. The van der Waals surface area contributed by atoms with Crippen LogP contribution < -0.4 is 0 Å². The number of carbonyl (C=O) groups is 1. The molecule has 0 bridgehead atoms.